The molecule has 1 aliphatic rings. The van der Waals surface area contributed by atoms with E-state index in [2.05, 4.69) is 21.2 Å². The van der Waals surface area contributed by atoms with Crippen LogP contribution in [-0.2, 0) is 0 Å². The highest BCUT2D eigenvalue weighted by Crippen LogP contribution is 2.21. The van der Waals surface area contributed by atoms with Gasteiger partial charge in [-0.3, -0.25) is 4.79 Å². The summed E-state index contributed by atoms with van der Waals surface area (Å²) in [4.78, 5) is 11.8. The molecule has 0 saturated heterocycles. The minimum Gasteiger partial charge on any atom is -0.349 e. The summed E-state index contributed by atoms with van der Waals surface area (Å²) in [7, 11) is 0. The first-order valence-electron chi connectivity index (χ1n) is 5.08. The quantitative estimate of drug-likeness (QED) is 0.831. The van der Waals surface area contributed by atoms with Crippen LogP contribution in [0.25, 0.3) is 0 Å². The van der Waals surface area contributed by atoms with Crippen molar-refractivity contribution in [3.63, 3.8) is 0 Å². The molecule has 1 aliphatic carbocycles. The average molecular weight is 284 g/mol. The lowest BCUT2D eigenvalue weighted by atomic mass is 10.1. The maximum absolute atomic E-state index is 13.2. The number of halogens is 2. The van der Waals surface area contributed by atoms with Crippen molar-refractivity contribution in [1.29, 1.82) is 0 Å². The SMILES string of the molecule is O=C(NC1CC=CC1)c1cccc(F)c1Br. The van der Waals surface area contributed by atoms with Crippen LogP contribution in [0.5, 0.6) is 0 Å². The van der Waals surface area contributed by atoms with E-state index in [1.165, 1.54) is 12.1 Å². The number of nitrogens with one attached hydrogen (secondary N) is 1. The Morgan fingerprint density at radius 3 is 2.75 bits per heavy atom. The van der Waals surface area contributed by atoms with E-state index in [4.69, 9.17) is 0 Å². The van der Waals surface area contributed by atoms with Crippen molar-refractivity contribution >= 4 is 21.8 Å². The first-order chi connectivity index (χ1) is 7.68. The van der Waals surface area contributed by atoms with Gasteiger partial charge in [0.2, 0.25) is 0 Å². The van der Waals surface area contributed by atoms with Gasteiger partial charge in [-0.05, 0) is 40.9 Å². The molecule has 1 amide bonds. The van der Waals surface area contributed by atoms with Gasteiger partial charge in [0.1, 0.15) is 5.82 Å². The normalized spacial score (nSPS) is 15.4. The zero-order chi connectivity index (χ0) is 11.5. The maximum Gasteiger partial charge on any atom is 0.252 e. The highest BCUT2D eigenvalue weighted by Gasteiger charge is 2.17. The summed E-state index contributed by atoms with van der Waals surface area (Å²) < 4.78 is 13.4. The minimum atomic E-state index is -0.419. The molecule has 0 unspecified atom stereocenters. The Morgan fingerprint density at radius 2 is 2.06 bits per heavy atom. The molecule has 84 valence electrons. The average Bonchev–Trinajstić information content (AvgIpc) is 2.74. The fraction of sp³-hybridized carbons (Fsp3) is 0.250. The van der Waals surface area contributed by atoms with Crippen LogP contribution >= 0.6 is 15.9 Å². The topological polar surface area (TPSA) is 29.1 Å². The van der Waals surface area contributed by atoms with Crippen LogP contribution < -0.4 is 5.32 Å². The molecule has 0 aromatic heterocycles. The molecule has 0 bridgehead atoms. The Balaban J connectivity index is 2.11. The molecule has 0 radical (unpaired) electrons. The van der Waals surface area contributed by atoms with Crippen molar-refractivity contribution < 1.29 is 9.18 Å². The monoisotopic (exact) mass is 283 g/mol. The summed E-state index contributed by atoms with van der Waals surface area (Å²) in [6.45, 7) is 0. The van der Waals surface area contributed by atoms with Crippen LogP contribution in [0.1, 0.15) is 23.2 Å². The van der Waals surface area contributed by atoms with Gasteiger partial charge in [0.05, 0.1) is 10.0 Å². The molecule has 1 aromatic carbocycles. The molecule has 0 fully saturated rings. The molecular weight excluding hydrogens is 273 g/mol. The van der Waals surface area contributed by atoms with Gasteiger partial charge in [-0.1, -0.05) is 18.2 Å². The van der Waals surface area contributed by atoms with Gasteiger partial charge in [-0.15, -0.1) is 0 Å². The molecule has 16 heavy (non-hydrogen) atoms. The molecule has 0 heterocycles. The number of carbonyl (C=O) groups is 1. The Hall–Kier alpha value is -1.16. The molecule has 0 aliphatic heterocycles. The first kappa shape index (κ1) is 11.3. The number of benzene rings is 1. The Bertz CT molecular complexity index is 437. The van der Waals surface area contributed by atoms with Crippen molar-refractivity contribution in [1.82, 2.24) is 5.32 Å². The van der Waals surface area contributed by atoms with Crippen molar-refractivity contribution in [2.24, 2.45) is 0 Å². The third-order valence-corrected chi connectivity index (χ3v) is 3.35. The lowest BCUT2D eigenvalue weighted by Gasteiger charge is -2.12. The number of carbonyl (C=O) groups excluding carboxylic acids is 1. The van der Waals surface area contributed by atoms with Crippen molar-refractivity contribution in [3.05, 3.63) is 46.2 Å². The fourth-order valence-corrected chi connectivity index (χ4v) is 2.12. The highest BCUT2D eigenvalue weighted by atomic mass is 79.9. The molecule has 1 N–H and O–H groups in total. The zero-order valence-corrected chi connectivity index (χ0v) is 10.1. The van der Waals surface area contributed by atoms with Crippen molar-refractivity contribution in [2.75, 3.05) is 0 Å². The number of rotatable bonds is 2. The summed E-state index contributed by atoms with van der Waals surface area (Å²) in [6.07, 6.45) is 5.76. The largest absolute Gasteiger partial charge is 0.349 e. The second-order valence-corrected chi connectivity index (χ2v) is 4.51. The van der Waals surface area contributed by atoms with Gasteiger partial charge in [-0.25, -0.2) is 4.39 Å². The summed E-state index contributed by atoms with van der Waals surface area (Å²) in [5.41, 5.74) is 0.340. The summed E-state index contributed by atoms with van der Waals surface area (Å²) >= 11 is 3.08. The molecule has 0 spiro atoms. The van der Waals surface area contributed by atoms with E-state index in [1.807, 2.05) is 12.2 Å². The van der Waals surface area contributed by atoms with E-state index in [-0.39, 0.29) is 16.4 Å². The molecular formula is C12H11BrFNO. The predicted octanol–water partition coefficient (Wildman–Crippen LogP) is 3.04. The zero-order valence-electron chi connectivity index (χ0n) is 8.54. The molecule has 2 nitrogen and oxygen atoms in total. The lowest BCUT2D eigenvalue weighted by molar-refractivity contribution is 0.0937. The molecule has 4 heteroatoms. The van der Waals surface area contributed by atoms with Crippen molar-refractivity contribution in [3.8, 4) is 0 Å². The molecule has 0 atom stereocenters. The van der Waals surface area contributed by atoms with E-state index in [0.717, 1.165) is 12.8 Å². The minimum absolute atomic E-state index is 0.141. The third-order valence-electron chi connectivity index (χ3n) is 2.54. The lowest BCUT2D eigenvalue weighted by Crippen LogP contribution is -2.33. The van der Waals surface area contributed by atoms with Gasteiger partial charge < -0.3 is 5.32 Å². The molecule has 1 aromatic rings. The highest BCUT2D eigenvalue weighted by molar-refractivity contribution is 9.10. The summed E-state index contributed by atoms with van der Waals surface area (Å²) in [6, 6.07) is 4.59. The van der Waals surface area contributed by atoms with Crippen LogP contribution in [0, 0.1) is 5.82 Å². The summed E-state index contributed by atoms with van der Waals surface area (Å²) in [5.74, 6) is -0.655. The van der Waals surface area contributed by atoms with E-state index < -0.39 is 5.82 Å². The summed E-state index contributed by atoms with van der Waals surface area (Å²) in [5, 5.41) is 2.87. The second-order valence-electron chi connectivity index (χ2n) is 3.71. The van der Waals surface area contributed by atoms with Crippen LogP contribution in [0.4, 0.5) is 4.39 Å². The standard InChI is InChI=1S/C12H11BrFNO/c13-11-9(6-3-7-10(11)14)12(16)15-8-4-1-2-5-8/h1-3,6-8H,4-5H2,(H,15,16). The maximum atomic E-state index is 13.2. The Kier molecular flexibility index (Phi) is 3.39. The number of hydrogen-bond acceptors (Lipinski definition) is 1. The van der Waals surface area contributed by atoms with E-state index in [1.54, 1.807) is 6.07 Å². The van der Waals surface area contributed by atoms with E-state index >= 15 is 0 Å². The predicted molar refractivity (Wildman–Crippen MR) is 63.7 cm³/mol. The Labute approximate surface area is 102 Å². The van der Waals surface area contributed by atoms with Crippen LogP contribution in [0.2, 0.25) is 0 Å². The van der Waals surface area contributed by atoms with Gasteiger partial charge >= 0.3 is 0 Å². The fourth-order valence-electron chi connectivity index (χ4n) is 1.68. The van der Waals surface area contributed by atoms with Gasteiger partial charge in [0.15, 0.2) is 0 Å². The van der Waals surface area contributed by atoms with E-state index in [0.29, 0.717) is 5.56 Å². The van der Waals surface area contributed by atoms with Crippen LogP contribution in [0.15, 0.2) is 34.8 Å². The van der Waals surface area contributed by atoms with Gasteiger partial charge in [0, 0.05) is 6.04 Å². The second kappa shape index (κ2) is 4.78. The Morgan fingerprint density at radius 1 is 1.38 bits per heavy atom. The van der Waals surface area contributed by atoms with Crippen molar-refractivity contribution in [2.45, 2.75) is 18.9 Å². The smallest absolute Gasteiger partial charge is 0.252 e. The number of hydrogen-bond donors (Lipinski definition) is 1. The molecule has 0 saturated carbocycles. The van der Waals surface area contributed by atoms with E-state index in [9.17, 15) is 9.18 Å². The molecule has 2 rings (SSSR count). The van der Waals surface area contributed by atoms with Gasteiger partial charge in [-0.2, -0.15) is 0 Å². The van der Waals surface area contributed by atoms with Gasteiger partial charge in [0.25, 0.3) is 5.91 Å². The first-order valence-corrected chi connectivity index (χ1v) is 5.87. The third kappa shape index (κ3) is 2.32. The van der Waals surface area contributed by atoms with Crippen LogP contribution in [-0.4, -0.2) is 11.9 Å². The number of amides is 1. The van der Waals surface area contributed by atoms with Crippen LogP contribution in [0.3, 0.4) is 0 Å².